The average molecular weight is 342 g/mol. The summed E-state index contributed by atoms with van der Waals surface area (Å²) in [6, 6.07) is 0. The zero-order valence-electron chi connectivity index (χ0n) is 14.2. The fourth-order valence-corrected chi connectivity index (χ4v) is 3.32. The Bertz CT molecular complexity index is 646. The molecule has 0 unspecified atom stereocenters. The van der Waals surface area contributed by atoms with Gasteiger partial charge in [-0.25, -0.2) is 8.42 Å². The highest BCUT2D eigenvalue weighted by Crippen LogP contribution is 2.13. The lowest BCUT2D eigenvalue weighted by molar-refractivity contribution is 0.0643. The summed E-state index contributed by atoms with van der Waals surface area (Å²) in [5, 5.41) is 4.28. The van der Waals surface area contributed by atoms with Crippen LogP contribution in [0, 0.1) is 6.92 Å². The monoisotopic (exact) mass is 342 g/mol. The molecule has 0 atom stereocenters. The van der Waals surface area contributed by atoms with Crippen LogP contribution >= 0.6 is 0 Å². The Kier molecular flexibility index (Phi) is 5.80. The third-order valence-corrected chi connectivity index (χ3v) is 5.13. The van der Waals surface area contributed by atoms with Gasteiger partial charge in [0.25, 0.3) is 5.91 Å². The first-order valence-electron chi connectivity index (χ1n) is 8.03. The van der Waals surface area contributed by atoms with Gasteiger partial charge in [-0.2, -0.15) is 5.10 Å². The van der Waals surface area contributed by atoms with Crippen LogP contribution in [0.2, 0.25) is 0 Å². The number of aryl methyl sites for hydroxylation is 1. The van der Waals surface area contributed by atoms with E-state index in [9.17, 15) is 13.2 Å². The minimum atomic E-state index is -2.94. The van der Waals surface area contributed by atoms with E-state index in [0.29, 0.717) is 38.3 Å². The zero-order valence-corrected chi connectivity index (χ0v) is 15.0. The van der Waals surface area contributed by atoms with E-state index in [2.05, 4.69) is 16.9 Å². The van der Waals surface area contributed by atoms with Crippen molar-refractivity contribution in [2.75, 3.05) is 44.7 Å². The van der Waals surface area contributed by atoms with Crippen molar-refractivity contribution in [3.8, 4) is 0 Å². The largest absolute Gasteiger partial charge is 0.336 e. The lowest BCUT2D eigenvalue weighted by atomic mass is 10.2. The van der Waals surface area contributed by atoms with Crippen LogP contribution in [-0.4, -0.2) is 78.6 Å². The van der Waals surface area contributed by atoms with Gasteiger partial charge < -0.3 is 4.90 Å². The highest BCUT2D eigenvalue weighted by Gasteiger charge is 2.25. The molecular formula is C15H26N4O3S. The van der Waals surface area contributed by atoms with Gasteiger partial charge in [-0.05, 0) is 13.3 Å². The lowest BCUT2D eigenvalue weighted by Crippen LogP contribution is -2.49. The number of hydrogen-bond donors (Lipinski definition) is 0. The molecule has 1 aromatic rings. The molecule has 130 valence electrons. The molecular weight excluding hydrogens is 316 g/mol. The summed E-state index contributed by atoms with van der Waals surface area (Å²) < 4.78 is 24.3. The van der Waals surface area contributed by atoms with Crippen molar-refractivity contribution in [1.82, 2.24) is 19.6 Å². The Balaban J connectivity index is 1.91. The maximum absolute atomic E-state index is 12.6. The van der Waals surface area contributed by atoms with Gasteiger partial charge in [-0.3, -0.25) is 14.4 Å². The number of amides is 1. The molecule has 1 aliphatic heterocycles. The summed E-state index contributed by atoms with van der Waals surface area (Å²) in [7, 11) is -2.94. The number of sulfone groups is 1. The van der Waals surface area contributed by atoms with Gasteiger partial charge in [-0.1, -0.05) is 6.92 Å². The average Bonchev–Trinajstić information content (AvgIpc) is 2.86. The van der Waals surface area contributed by atoms with Crippen LogP contribution in [-0.2, 0) is 16.4 Å². The second kappa shape index (κ2) is 7.44. The van der Waals surface area contributed by atoms with Crippen molar-refractivity contribution in [1.29, 1.82) is 0 Å². The van der Waals surface area contributed by atoms with Crippen LogP contribution in [0.25, 0.3) is 0 Å². The van der Waals surface area contributed by atoms with E-state index in [-0.39, 0.29) is 11.7 Å². The standard InChI is InChI=1S/C15H26N4O3S/c1-4-5-19-13(2)14(12-16-19)15(20)18-8-6-17(7-9-18)10-11-23(3,21)22/h12H,4-11H2,1-3H3. The third kappa shape index (κ3) is 4.78. The molecule has 2 heterocycles. The normalized spacial score (nSPS) is 16.7. The van der Waals surface area contributed by atoms with E-state index in [1.54, 1.807) is 6.20 Å². The van der Waals surface area contributed by atoms with Crippen LogP contribution in [0.1, 0.15) is 29.4 Å². The summed E-state index contributed by atoms with van der Waals surface area (Å²) in [5.41, 5.74) is 1.58. The molecule has 2 rings (SSSR count). The zero-order chi connectivity index (χ0) is 17.0. The highest BCUT2D eigenvalue weighted by molar-refractivity contribution is 7.90. The van der Waals surface area contributed by atoms with Gasteiger partial charge in [0, 0.05) is 51.2 Å². The summed E-state index contributed by atoms with van der Waals surface area (Å²) in [5.74, 6) is 0.191. The molecule has 0 bridgehead atoms. The van der Waals surface area contributed by atoms with Crippen molar-refractivity contribution in [3.63, 3.8) is 0 Å². The van der Waals surface area contributed by atoms with Crippen LogP contribution in [0.5, 0.6) is 0 Å². The first kappa shape index (κ1) is 17.9. The second-order valence-electron chi connectivity index (χ2n) is 6.13. The molecule has 0 radical (unpaired) electrons. The van der Waals surface area contributed by atoms with Crippen molar-refractivity contribution in [2.24, 2.45) is 0 Å². The number of hydrogen-bond acceptors (Lipinski definition) is 5. The second-order valence-corrected chi connectivity index (χ2v) is 8.39. The smallest absolute Gasteiger partial charge is 0.257 e. The molecule has 0 aromatic carbocycles. The van der Waals surface area contributed by atoms with Crippen molar-refractivity contribution in [3.05, 3.63) is 17.5 Å². The summed E-state index contributed by atoms with van der Waals surface area (Å²) in [4.78, 5) is 16.5. The SMILES string of the molecule is CCCn1ncc(C(=O)N2CCN(CCS(C)(=O)=O)CC2)c1C. The molecule has 1 aliphatic rings. The Morgan fingerprint density at radius 3 is 2.43 bits per heavy atom. The number of piperazine rings is 1. The van der Waals surface area contributed by atoms with Gasteiger partial charge in [-0.15, -0.1) is 0 Å². The lowest BCUT2D eigenvalue weighted by Gasteiger charge is -2.34. The van der Waals surface area contributed by atoms with E-state index >= 15 is 0 Å². The number of rotatable bonds is 6. The highest BCUT2D eigenvalue weighted by atomic mass is 32.2. The van der Waals surface area contributed by atoms with Crippen LogP contribution in [0.4, 0.5) is 0 Å². The minimum absolute atomic E-state index is 0.0209. The van der Waals surface area contributed by atoms with Crippen LogP contribution in [0.3, 0.4) is 0 Å². The van der Waals surface area contributed by atoms with E-state index in [0.717, 1.165) is 18.7 Å². The van der Waals surface area contributed by atoms with Gasteiger partial charge >= 0.3 is 0 Å². The van der Waals surface area contributed by atoms with Gasteiger partial charge in [0.1, 0.15) is 9.84 Å². The van der Waals surface area contributed by atoms with Gasteiger partial charge in [0.15, 0.2) is 0 Å². The first-order chi connectivity index (χ1) is 10.8. The summed E-state index contributed by atoms with van der Waals surface area (Å²) in [6.07, 6.45) is 3.89. The number of aromatic nitrogens is 2. The molecule has 0 spiro atoms. The Labute approximate surface area is 138 Å². The summed E-state index contributed by atoms with van der Waals surface area (Å²) >= 11 is 0. The first-order valence-corrected chi connectivity index (χ1v) is 10.1. The Hall–Kier alpha value is -1.41. The Morgan fingerprint density at radius 1 is 1.22 bits per heavy atom. The molecule has 1 saturated heterocycles. The number of nitrogens with zero attached hydrogens (tertiary/aromatic N) is 4. The molecule has 0 aliphatic carbocycles. The van der Waals surface area contributed by atoms with E-state index in [4.69, 9.17) is 0 Å². The van der Waals surface area contributed by atoms with Crippen molar-refractivity contribution < 1.29 is 13.2 Å². The molecule has 23 heavy (non-hydrogen) atoms. The topological polar surface area (TPSA) is 75.5 Å². The number of carbonyl (C=O) groups excluding carboxylic acids is 1. The molecule has 0 saturated carbocycles. The van der Waals surface area contributed by atoms with E-state index < -0.39 is 9.84 Å². The summed E-state index contributed by atoms with van der Waals surface area (Å²) in [6.45, 7) is 8.04. The van der Waals surface area contributed by atoms with E-state index in [1.165, 1.54) is 6.26 Å². The maximum Gasteiger partial charge on any atom is 0.257 e. The maximum atomic E-state index is 12.6. The van der Waals surface area contributed by atoms with Crippen LogP contribution in [0.15, 0.2) is 6.20 Å². The minimum Gasteiger partial charge on any atom is -0.336 e. The molecule has 1 aromatic heterocycles. The quantitative estimate of drug-likeness (QED) is 0.748. The number of carbonyl (C=O) groups is 1. The van der Waals surface area contributed by atoms with Crippen molar-refractivity contribution >= 4 is 15.7 Å². The van der Waals surface area contributed by atoms with Gasteiger partial charge in [0.2, 0.25) is 0 Å². The van der Waals surface area contributed by atoms with Crippen molar-refractivity contribution in [2.45, 2.75) is 26.8 Å². The Morgan fingerprint density at radius 2 is 1.87 bits per heavy atom. The van der Waals surface area contributed by atoms with Crippen LogP contribution < -0.4 is 0 Å². The molecule has 7 nitrogen and oxygen atoms in total. The fourth-order valence-electron chi connectivity index (χ4n) is 2.73. The predicted molar refractivity (Wildman–Crippen MR) is 89.3 cm³/mol. The fraction of sp³-hybridized carbons (Fsp3) is 0.733. The molecule has 1 amide bonds. The molecule has 0 N–H and O–H groups in total. The third-order valence-electron chi connectivity index (χ3n) is 4.21. The molecule has 1 fully saturated rings. The van der Waals surface area contributed by atoms with E-state index in [1.807, 2.05) is 16.5 Å². The predicted octanol–water partition coefficient (Wildman–Crippen LogP) is 0.404. The molecule has 8 heteroatoms. The van der Waals surface area contributed by atoms with Gasteiger partial charge in [0.05, 0.1) is 17.5 Å².